The Kier molecular flexibility index (Phi) is 8.85. The quantitative estimate of drug-likeness (QED) is 0.580. The van der Waals surface area contributed by atoms with Gasteiger partial charge in [0.25, 0.3) is 0 Å². The number of quaternary nitrogens is 2. The van der Waals surface area contributed by atoms with Crippen LogP contribution in [0.3, 0.4) is 0 Å². The minimum absolute atomic E-state index is 0.0830. The predicted octanol–water partition coefficient (Wildman–Crippen LogP) is 0.166. The highest BCUT2D eigenvalue weighted by Crippen LogP contribution is 2.32. The zero-order valence-electron chi connectivity index (χ0n) is 17.1. The first-order chi connectivity index (χ1) is 12.5. The van der Waals surface area contributed by atoms with Gasteiger partial charge >= 0.3 is 0 Å². The third-order valence-corrected chi connectivity index (χ3v) is 4.80. The molecule has 1 aliphatic rings. The minimum Gasteiger partial charge on any atom is -0.491 e. The molecular formula is C21H38N2O3+2. The van der Waals surface area contributed by atoms with E-state index in [1.54, 1.807) is 4.90 Å². The number of benzene rings is 1. The van der Waals surface area contributed by atoms with Crippen LogP contribution in [-0.2, 0) is 14.9 Å². The molecule has 0 atom stereocenters. The Labute approximate surface area is 159 Å². The molecule has 148 valence electrons. The maximum atomic E-state index is 5.98. The largest absolute Gasteiger partial charge is 0.491 e. The summed E-state index contributed by atoms with van der Waals surface area (Å²) in [5.74, 6) is 0.978. The number of nitrogens with two attached hydrogens (primary N) is 1. The average molecular weight is 367 g/mol. The molecule has 5 heteroatoms. The van der Waals surface area contributed by atoms with E-state index in [0.29, 0.717) is 13.2 Å². The predicted molar refractivity (Wildman–Crippen MR) is 104 cm³/mol. The highest BCUT2D eigenvalue weighted by molar-refractivity contribution is 5.41. The summed E-state index contributed by atoms with van der Waals surface area (Å²) in [6.07, 6.45) is 0. The van der Waals surface area contributed by atoms with Crippen LogP contribution in [0.5, 0.6) is 5.75 Å². The van der Waals surface area contributed by atoms with Crippen LogP contribution in [-0.4, -0.2) is 65.8 Å². The maximum Gasteiger partial charge on any atom is 0.127 e. The van der Waals surface area contributed by atoms with E-state index >= 15 is 0 Å². The number of rotatable bonds is 10. The second-order valence-corrected chi connectivity index (χ2v) is 8.19. The Bertz CT molecular complexity index is 522. The van der Waals surface area contributed by atoms with E-state index < -0.39 is 0 Å². The van der Waals surface area contributed by atoms with Crippen LogP contribution >= 0.6 is 0 Å². The molecule has 0 radical (unpaired) electrons. The van der Waals surface area contributed by atoms with Gasteiger partial charge in [-0.15, -0.1) is 0 Å². The van der Waals surface area contributed by atoms with Crippen LogP contribution in [0.25, 0.3) is 0 Å². The molecule has 2 rings (SSSR count). The van der Waals surface area contributed by atoms with Crippen molar-refractivity contribution in [3.63, 3.8) is 0 Å². The number of ether oxygens (including phenoxy) is 3. The summed E-state index contributed by atoms with van der Waals surface area (Å²) >= 11 is 0. The molecule has 1 aromatic carbocycles. The van der Waals surface area contributed by atoms with Crippen molar-refractivity contribution >= 4 is 0 Å². The van der Waals surface area contributed by atoms with E-state index in [1.807, 2.05) is 0 Å². The summed E-state index contributed by atoms with van der Waals surface area (Å²) < 4.78 is 17.1. The zero-order valence-corrected chi connectivity index (χ0v) is 17.1. The summed E-state index contributed by atoms with van der Waals surface area (Å²) in [7, 11) is 0. The summed E-state index contributed by atoms with van der Waals surface area (Å²) in [5, 5.41) is 2.35. The van der Waals surface area contributed by atoms with Gasteiger partial charge in [-0.05, 0) is 24.0 Å². The average Bonchev–Trinajstić information content (AvgIpc) is 2.61. The summed E-state index contributed by atoms with van der Waals surface area (Å²) in [4.78, 5) is 1.66. The molecule has 1 saturated heterocycles. The van der Waals surface area contributed by atoms with Gasteiger partial charge in [0.15, 0.2) is 0 Å². The van der Waals surface area contributed by atoms with Crippen LogP contribution in [0.1, 0.15) is 31.9 Å². The Morgan fingerprint density at radius 3 is 2.58 bits per heavy atom. The molecule has 5 nitrogen and oxygen atoms in total. The molecule has 0 aromatic heterocycles. The molecule has 1 aromatic rings. The standard InChI is InChI=1S/C21H36N2O3/c1-18-5-6-20(19(17-18)21(2,3)4)26-16-15-24-12-8-22-7-9-23-10-13-25-14-11-23/h5-6,17,22H,7-16H2,1-4H3/p+2. The second-order valence-electron chi connectivity index (χ2n) is 8.19. The van der Waals surface area contributed by atoms with E-state index in [1.165, 1.54) is 17.7 Å². The SMILES string of the molecule is Cc1ccc(OCCOCC[NH2+]CC[NH+]2CCOCC2)c(C(C)(C)C)c1. The molecule has 1 heterocycles. The molecule has 0 saturated carbocycles. The zero-order chi connectivity index (χ0) is 18.8. The molecule has 0 amide bonds. The third-order valence-electron chi connectivity index (χ3n) is 4.80. The fraction of sp³-hybridized carbons (Fsp3) is 0.714. The Morgan fingerprint density at radius 2 is 1.85 bits per heavy atom. The van der Waals surface area contributed by atoms with Crippen LogP contribution < -0.4 is 15.0 Å². The highest BCUT2D eigenvalue weighted by atomic mass is 16.5. The maximum absolute atomic E-state index is 5.98. The van der Waals surface area contributed by atoms with Crippen molar-refractivity contribution in [1.29, 1.82) is 0 Å². The lowest BCUT2D eigenvalue weighted by Crippen LogP contribution is -3.16. The van der Waals surface area contributed by atoms with Crippen LogP contribution in [0.15, 0.2) is 18.2 Å². The normalized spacial score (nSPS) is 16.0. The molecule has 1 aliphatic heterocycles. The lowest BCUT2D eigenvalue weighted by Gasteiger charge is -2.23. The van der Waals surface area contributed by atoms with Gasteiger partial charge in [0.2, 0.25) is 0 Å². The fourth-order valence-corrected chi connectivity index (χ4v) is 3.20. The van der Waals surface area contributed by atoms with E-state index in [-0.39, 0.29) is 5.41 Å². The Morgan fingerprint density at radius 1 is 1.08 bits per heavy atom. The monoisotopic (exact) mass is 366 g/mol. The first-order valence-corrected chi connectivity index (χ1v) is 10.0. The molecule has 0 aliphatic carbocycles. The van der Waals surface area contributed by atoms with Gasteiger partial charge in [0.1, 0.15) is 38.5 Å². The molecule has 1 fully saturated rings. The second kappa shape index (κ2) is 10.9. The molecule has 3 N–H and O–H groups in total. The van der Waals surface area contributed by atoms with Gasteiger partial charge in [-0.2, -0.15) is 0 Å². The van der Waals surface area contributed by atoms with Crippen molar-refractivity contribution in [2.24, 2.45) is 0 Å². The van der Waals surface area contributed by atoms with Crippen molar-refractivity contribution in [2.75, 3.05) is 65.8 Å². The number of aryl methyl sites for hydroxylation is 1. The molecule has 0 spiro atoms. The van der Waals surface area contributed by atoms with Gasteiger partial charge < -0.3 is 24.4 Å². The molecule has 0 unspecified atom stereocenters. The van der Waals surface area contributed by atoms with Crippen molar-refractivity contribution < 1.29 is 24.4 Å². The van der Waals surface area contributed by atoms with Gasteiger partial charge in [0, 0.05) is 0 Å². The highest BCUT2D eigenvalue weighted by Gasteiger charge is 2.19. The molecular weight excluding hydrogens is 328 g/mol. The summed E-state index contributed by atoms with van der Waals surface area (Å²) in [6.45, 7) is 18.3. The number of hydrogen-bond acceptors (Lipinski definition) is 3. The van der Waals surface area contributed by atoms with Crippen LogP contribution in [0.2, 0.25) is 0 Å². The Balaban J connectivity index is 1.54. The first-order valence-electron chi connectivity index (χ1n) is 10.0. The van der Waals surface area contributed by atoms with Crippen molar-refractivity contribution in [2.45, 2.75) is 33.1 Å². The van der Waals surface area contributed by atoms with Crippen molar-refractivity contribution in [3.8, 4) is 5.75 Å². The van der Waals surface area contributed by atoms with Gasteiger partial charge in [-0.1, -0.05) is 38.5 Å². The van der Waals surface area contributed by atoms with Crippen molar-refractivity contribution in [1.82, 2.24) is 0 Å². The lowest BCUT2D eigenvalue weighted by molar-refractivity contribution is -0.919. The smallest absolute Gasteiger partial charge is 0.127 e. The molecule has 0 bridgehead atoms. The van der Waals surface area contributed by atoms with Gasteiger partial charge in [0.05, 0.1) is 33.0 Å². The molecule has 26 heavy (non-hydrogen) atoms. The number of nitrogens with one attached hydrogen (secondary N) is 1. The Hall–Kier alpha value is -1.14. The summed E-state index contributed by atoms with van der Waals surface area (Å²) in [6, 6.07) is 6.41. The van der Waals surface area contributed by atoms with Gasteiger partial charge in [-0.25, -0.2) is 0 Å². The topological polar surface area (TPSA) is 48.7 Å². The van der Waals surface area contributed by atoms with E-state index in [4.69, 9.17) is 14.2 Å². The fourth-order valence-electron chi connectivity index (χ4n) is 3.20. The first kappa shape index (κ1) is 21.2. The van der Waals surface area contributed by atoms with Crippen LogP contribution in [0, 0.1) is 6.92 Å². The van der Waals surface area contributed by atoms with E-state index in [0.717, 1.165) is 51.7 Å². The lowest BCUT2D eigenvalue weighted by atomic mass is 9.85. The summed E-state index contributed by atoms with van der Waals surface area (Å²) in [5.41, 5.74) is 2.61. The van der Waals surface area contributed by atoms with Crippen molar-refractivity contribution in [3.05, 3.63) is 29.3 Å². The minimum atomic E-state index is 0.0830. The number of hydrogen-bond donors (Lipinski definition) is 2. The van der Waals surface area contributed by atoms with Crippen LogP contribution in [0.4, 0.5) is 0 Å². The van der Waals surface area contributed by atoms with E-state index in [2.05, 4.69) is 51.2 Å². The third kappa shape index (κ3) is 7.62. The number of morpholine rings is 1. The van der Waals surface area contributed by atoms with Gasteiger partial charge in [-0.3, -0.25) is 0 Å². The van der Waals surface area contributed by atoms with E-state index in [9.17, 15) is 0 Å².